The van der Waals surface area contributed by atoms with Crippen molar-refractivity contribution in [2.24, 2.45) is 0 Å². The Morgan fingerprint density at radius 3 is 2.39 bits per heavy atom. The number of hydrogen-bond donors (Lipinski definition) is 1. The molecule has 1 heterocycles. The summed E-state index contributed by atoms with van der Waals surface area (Å²) in [7, 11) is 0. The molecule has 0 aliphatic carbocycles. The van der Waals surface area contributed by atoms with E-state index >= 15 is 0 Å². The lowest BCUT2D eigenvalue weighted by molar-refractivity contribution is 0.101. The first-order valence-electron chi connectivity index (χ1n) is 8.76. The molecule has 0 saturated carbocycles. The second-order valence-corrected chi connectivity index (χ2v) is 6.19. The maximum absolute atomic E-state index is 12.7. The Hall–Kier alpha value is -4.17. The number of nitriles is 1. The highest BCUT2D eigenvalue weighted by molar-refractivity contribution is 6.03. The van der Waals surface area contributed by atoms with E-state index < -0.39 is 0 Å². The minimum absolute atomic E-state index is 0.271. The van der Waals surface area contributed by atoms with Gasteiger partial charge in [-0.3, -0.25) is 4.79 Å². The fraction of sp³-hybridized carbons (Fsp3) is 0. The predicted octanol–water partition coefficient (Wildman–Crippen LogP) is 4.66. The monoisotopic (exact) mass is 364 g/mol. The Bertz CT molecular complexity index is 1160. The van der Waals surface area contributed by atoms with E-state index in [-0.39, 0.29) is 5.91 Å². The second kappa shape index (κ2) is 7.60. The number of aromatic nitrogens is 2. The molecule has 4 aromatic rings. The molecule has 0 spiro atoms. The molecular weight excluding hydrogens is 348 g/mol. The molecule has 0 fully saturated rings. The van der Waals surface area contributed by atoms with Crippen LogP contribution >= 0.6 is 0 Å². The molecule has 4 rings (SSSR count). The van der Waals surface area contributed by atoms with Crippen LogP contribution < -0.4 is 5.32 Å². The largest absolute Gasteiger partial charge is 0.321 e. The van der Waals surface area contributed by atoms with Gasteiger partial charge in [0.2, 0.25) is 0 Å². The zero-order valence-electron chi connectivity index (χ0n) is 14.9. The Labute approximate surface area is 162 Å². The summed E-state index contributed by atoms with van der Waals surface area (Å²) in [5.41, 5.74) is 4.46. The standard InChI is InChI=1S/C23H16N4O/c24-16-17-5-4-8-21(15-17)27-22(13-14-25-27)23(28)26-20-11-9-19(10-12-20)18-6-2-1-3-7-18/h1-15H,(H,26,28). The summed E-state index contributed by atoms with van der Waals surface area (Å²) in [5, 5.41) is 16.2. The van der Waals surface area contributed by atoms with Crippen LogP contribution in [0.25, 0.3) is 16.8 Å². The maximum Gasteiger partial charge on any atom is 0.274 e. The molecular formula is C23H16N4O. The normalized spacial score (nSPS) is 10.2. The fourth-order valence-corrected chi connectivity index (χ4v) is 2.96. The minimum atomic E-state index is -0.271. The molecule has 1 aromatic heterocycles. The van der Waals surface area contributed by atoms with Gasteiger partial charge in [-0.2, -0.15) is 10.4 Å². The molecule has 3 aromatic carbocycles. The molecule has 0 radical (unpaired) electrons. The summed E-state index contributed by atoms with van der Waals surface area (Å²) in [6, 6.07) is 28.5. The van der Waals surface area contributed by atoms with E-state index in [4.69, 9.17) is 5.26 Å². The first-order valence-corrected chi connectivity index (χ1v) is 8.76. The zero-order chi connectivity index (χ0) is 19.3. The molecule has 0 bridgehead atoms. The first kappa shape index (κ1) is 17.3. The van der Waals surface area contributed by atoms with Crippen molar-refractivity contribution in [2.45, 2.75) is 0 Å². The molecule has 134 valence electrons. The first-order chi connectivity index (χ1) is 13.7. The highest BCUT2D eigenvalue weighted by atomic mass is 16.2. The number of nitrogens with zero attached hydrogens (tertiary/aromatic N) is 3. The zero-order valence-corrected chi connectivity index (χ0v) is 14.9. The predicted molar refractivity (Wildman–Crippen MR) is 108 cm³/mol. The summed E-state index contributed by atoms with van der Waals surface area (Å²) in [6.07, 6.45) is 1.56. The number of nitrogens with one attached hydrogen (secondary N) is 1. The van der Waals surface area contributed by atoms with Crippen molar-refractivity contribution >= 4 is 11.6 Å². The summed E-state index contributed by atoms with van der Waals surface area (Å²) in [6.45, 7) is 0. The van der Waals surface area contributed by atoms with E-state index in [1.807, 2.05) is 54.6 Å². The number of anilines is 1. The van der Waals surface area contributed by atoms with Gasteiger partial charge in [0, 0.05) is 5.69 Å². The van der Waals surface area contributed by atoms with Gasteiger partial charge in [-0.05, 0) is 47.5 Å². The van der Waals surface area contributed by atoms with Gasteiger partial charge in [-0.25, -0.2) is 4.68 Å². The third-order valence-corrected chi connectivity index (χ3v) is 4.35. The van der Waals surface area contributed by atoms with E-state index in [1.54, 1.807) is 36.5 Å². The Morgan fingerprint density at radius 1 is 0.893 bits per heavy atom. The fourth-order valence-electron chi connectivity index (χ4n) is 2.96. The van der Waals surface area contributed by atoms with Crippen LogP contribution in [0.5, 0.6) is 0 Å². The van der Waals surface area contributed by atoms with Crippen molar-refractivity contribution in [1.29, 1.82) is 5.26 Å². The molecule has 1 amide bonds. The van der Waals surface area contributed by atoms with E-state index in [9.17, 15) is 4.79 Å². The number of carbonyl (C=O) groups is 1. The Kier molecular flexibility index (Phi) is 4.68. The molecule has 5 nitrogen and oxygen atoms in total. The van der Waals surface area contributed by atoms with Crippen LogP contribution in [0.15, 0.2) is 91.1 Å². The van der Waals surface area contributed by atoms with Crippen molar-refractivity contribution in [3.05, 3.63) is 102 Å². The van der Waals surface area contributed by atoms with Crippen LogP contribution in [0.2, 0.25) is 0 Å². The van der Waals surface area contributed by atoms with Gasteiger partial charge in [-0.1, -0.05) is 48.5 Å². The molecule has 1 N–H and O–H groups in total. The molecule has 0 saturated heterocycles. The number of benzene rings is 3. The van der Waals surface area contributed by atoms with Crippen molar-refractivity contribution in [3.8, 4) is 22.9 Å². The molecule has 0 unspecified atom stereocenters. The van der Waals surface area contributed by atoms with Gasteiger partial charge >= 0.3 is 0 Å². The summed E-state index contributed by atoms with van der Waals surface area (Å²) in [5.74, 6) is -0.271. The second-order valence-electron chi connectivity index (χ2n) is 6.19. The van der Waals surface area contributed by atoms with Crippen molar-refractivity contribution < 1.29 is 4.79 Å². The number of rotatable bonds is 4. The van der Waals surface area contributed by atoms with Crippen molar-refractivity contribution in [3.63, 3.8) is 0 Å². The number of amides is 1. The average molecular weight is 364 g/mol. The van der Waals surface area contributed by atoms with E-state index in [2.05, 4.69) is 16.5 Å². The van der Waals surface area contributed by atoms with Crippen LogP contribution in [0.3, 0.4) is 0 Å². The molecule has 0 atom stereocenters. The van der Waals surface area contributed by atoms with Crippen LogP contribution in [-0.4, -0.2) is 15.7 Å². The van der Waals surface area contributed by atoms with E-state index in [0.29, 0.717) is 22.6 Å². The van der Waals surface area contributed by atoms with Crippen LogP contribution in [0.4, 0.5) is 5.69 Å². The average Bonchev–Trinajstić information content (AvgIpc) is 3.25. The third-order valence-electron chi connectivity index (χ3n) is 4.35. The van der Waals surface area contributed by atoms with Gasteiger partial charge < -0.3 is 5.32 Å². The Balaban J connectivity index is 1.55. The van der Waals surface area contributed by atoms with Gasteiger partial charge in [0.1, 0.15) is 5.69 Å². The van der Waals surface area contributed by atoms with Gasteiger partial charge in [0.05, 0.1) is 23.5 Å². The lowest BCUT2D eigenvalue weighted by Crippen LogP contribution is -2.17. The maximum atomic E-state index is 12.7. The van der Waals surface area contributed by atoms with Crippen LogP contribution in [0.1, 0.15) is 16.1 Å². The van der Waals surface area contributed by atoms with Gasteiger partial charge in [0.25, 0.3) is 5.91 Å². The van der Waals surface area contributed by atoms with Gasteiger partial charge in [-0.15, -0.1) is 0 Å². The van der Waals surface area contributed by atoms with E-state index in [1.165, 1.54) is 4.68 Å². The van der Waals surface area contributed by atoms with Crippen molar-refractivity contribution in [1.82, 2.24) is 9.78 Å². The molecule has 0 aliphatic rings. The summed E-state index contributed by atoms with van der Waals surface area (Å²) in [4.78, 5) is 12.7. The lowest BCUT2D eigenvalue weighted by Gasteiger charge is -2.09. The SMILES string of the molecule is N#Cc1cccc(-n2nccc2C(=O)Nc2ccc(-c3ccccc3)cc2)c1. The molecule has 5 heteroatoms. The summed E-state index contributed by atoms with van der Waals surface area (Å²) < 4.78 is 1.52. The quantitative estimate of drug-likeness (QED) is 0.572. The van der Waals surface area contributed by atoms with Crippen LogP contribution in [-0.2, 0) is 0 Å². The smallest absolute Gasteiger partial charge is 0.274 e. The van der Waals surface area contributed by atoms with E-state index in [0.717, 1.165) is 11.1 Å². The highest BCUT2D eigenvalue weighted by Gasteiger charge is 2.14. The third kappa shape index (κ3) is 3.53. The topological polar surface area (TPSA) is 70.7 Å². The summed E-state index contributed by atoms with van der Waals surface area (Å²) >= 11 is 0. The molecule has 28 heavy (non-hydrogen) atoms. The number of carbonyl (C=O) groups excluding carboxylic acids is 1. The molecule has 0 aliphatic heterocycles. The Morgan fingerprint density at radius 2 is 1.64 bits per heavy atom. The highest BCUT2D eigenvalue weighted by Crippen LogP contribution is 2.21. The minimum Gasteiger partial charge on any atom is -0.321 e. The van der Waals surface area contributed by atoms with Crippen molar-refractivity contribution in [2.75, 3.05) is 5.32 Å². The number of hydrogen-bond acceptors (Lipinski definition) is 3. The lowest BCUT2D eigenvalue weighted by atomic mass is 10.1. The van der Waals surface area contributed by atoms with Crippen LogP contribution in [0, 0.1) is 11.3 Å². The van der Waals surface area contributed by atoms with Gasteiger partial charge in [0.15, 0.2) is 0 Å².